The molecular weight excluding hydrogens is 214 g/mol. The Morgan fingerprint density at radius 2 is 1.71 bits per heavy atom. The van der Waals surface area contributed by atoms with E-state index in [-0.39, 0.29) is 11.6 Å². The molecular formula is C12H27N5. The normalized spacial score (nSPS) is 19.9. The van der Waals surface area contributed by atoms with Crippen molar-refractivity contribution in [1.82, 2.24) is 15.2 Å². The van der Waals surface area contributed by atoms with E-state index in [1.807, 2.05) is 0 Å². The van der Waals surface area contributed by atoms with Crippen LogP contribution in [-0.4, -0.2) is 53.5 Å². The number of nitrogens with two attached hydrogens (primary N) is 1. The van der Waals surface area contributed by atoms with Gasteiger partial charge in [0, 0.05) is 37.8 Å². The second-order valence-corrected chi connectivity index (χ2v) is 5.84. The minimum absolute atomic E-state index is 0.248. The van der Waals surface area contributed by atoms with Gasteiger partial charge in [0.05, 0.1) is 0 Å². The van der Waals surface area contributed by atoms with Crippen molar-refractivity contribution in [2.75, 3.05) is 26.2 Å². The van der Waals surface area contributed by atoms with Crippen molar-refractivity contribution in [2.45, 2.75) is 46.2 Å². The molecule has 0 spiro atoms. The van der Waals surface area contributed by atoms with E-state index in [1.54, 1.807) is 0 Å². The van der Waals surface area contributed by atoms with Crippen molar-refractivity contribution in [3.8, 4) is 0 Å². The minimum Gasteiger partial charge on any atom is -0.339 e. The van der Waals surface area contributed by atoms with Gasteiger partial charge in [0.1, 0.15) is 0 Å². The molecule has 5 heteroatoms. The van der Waals surface area contributed by atoms with Crippen LogP contribution in [0.2, 0.25) is 0 Å². The minimum atomic E-state index is 0.248. The first-order valence-corrected chi connectivity index (χ1v) is 6.39. The first-order valence-electron chi connectivity index (χ1n) is 6.39. The van der Waals surface area contributed by atoms with Gasteiger partial charge in [-0.25, -0.2) is 10.8 Å². The maximum Gasteiger partial charge on any atom is 0.208 e. The van der Waals surface area contributed by atoms with E-state index in [4.69, 9.17) is 5.84 Å². The second-order valence-electron chi connectivity index (χ2n) is 5.84. The summed E-state index contributed by atoms with van der Waals surface area (Å²) in [5.74, 6) is 6.35. The molecule has 1 heterocycles. The average Bonchev–Trinajstić information content (AvgIpc) is 2.24. The number of hydrazine groups is 1. The van der Waals surface area contributed by atoms with Crippen molar-refractivity contribution in [3.05, 3.63) is 0 Å². The Labute approximate surface area is 105 Å². The number of nitrogens with zero attached hydrogens (tertiary/aromatic N) is 3. The molecule has 0 atom stereocenters. The molecule has 0 aromatic rings. The Hall–Kier alpha value is -0.810. The second kappa shape index (κ2) is 5.69. The summed E-state index contributed by atoms with van der Waals surface area (Å²) >= 11 is 0. The Morgan fingerprint density at radius 1 is 1.18 bits per heavy atom. The van der Waals surface area contributed by atoms with Crippen LogP contribution in [0, 0.1) is 0 Å². The third kappa shape index (κ3) is 4.16. The molecule has 17 heavy (non-hydrogen) atoms. The fraction of sp³-hybridized carbons (Fsp3) is 0.917. The van der Waals surface area contributed by atoms with Crippen LogP contribution in [-0.2, 0) is 0 Å². The van der Waals surface area contributed by atoms with Crippen LogP contribution in [0.3, 0.4) is 0 Å². The molecule has 3 N–H and O–H groups in total. The molecule has 1 fully saturated rings. The molecule has 5 nitrogen and oxygen atoms in total. The number of rotatable bonds is 1. The van der Waals surface area contributed by atoms with Gasteiger partial charge >= 0.3 is 0 Å². The van der Waals surface area contributed by atoms with Crippen molar-refractivity contribution >= 4 is 5.96 Å². The smallest absolute Gasteiger partial charge is 0.208 e. The summed E-state index contributed by atoms with van der Waals surface area (Å²) in [6, 6.07) is 0.265. The van der Waals surface area contributed by atoms with Gasteiger partial charge < -0.3 is 4.90 Å². The van der Waals surface area contributed by atoms with Gasteiger partial charge in [-0.3, -0.25) is 10.3 Å². The third-order valence-electron chi connectivity index (χ3n) is 3.04. The van der Waals surface area contributed by atoms with Gasteiger partial charge in [0.25, 0.3) is 0 Å². The molecule has 0 bridgehead atoms. The van der Waals surface area contributed by atoms with Crippen LogP contribution >= 0.6 is 0 Å². The van der Waals surface area contributed by atoms with Crippen LogP contribution in [0.4, 0.5) is 0 Å². The van der Waals surface area contributed by atoms with E-state index in [0.717, 1.165) is 32.1 Å². The molecule has 1 saturated heterocycles. The highest BCUT2D eigenvalue weighted by Gasteiger charge is 2.26. The largest absolute Gasteiger partial charge is 0.339 e. The van der Waals surface area contributed by atoms with E-state index in [1.165, 1.54) is 0 Å². The first-order chi connectivity index (χ1) is 7.84. The number of hydrogen-bond acceptors (Lipinski definition) is 3. The van der Waals surface area contributed by atoms with Crippen molar-refractivity contribution in [3.63, 3.8) is 0 Å². The Balaban J connectivity index is 2.56. The summed E-state index contributed by atoms with van der Waals surface area (Å²) in [6.45, 7) is 15.0. The van der Waals surface area contributed by atoms with Gasteiger partial charge in [-0.05, 0) is 34.6 Å². The Morgan fingerprint density at radius 3 is 2.06 bits per heavy atom. The number of hydrogen-bond donors (Lipinski definition) is 2. The summed E-state index contributed by atoms with van der Waals surface area (Å²) in [5, 5.41) is 0. The quantitative estimate of drug-likeness (QED) is 0.306. The highest BCUT2D eigenvalue weighted by atomic mass is 15.4. The number of guanidine groups is 1. The molecule has 0 amide bonds. The van der Waals surface area contributed by atoms with Crippen molar-refractivity contribution in [1.29, 1.82) is 0 Å². The number of nitrogens with one attached hydrogen (secondary N) is 1. The Kier molecular flexibility index (Phi) is 4.77. The standard InChI is InChI=1S/C12H27N5/c1-10(2)14-11(15-13)16-6-8-17(9-7-16)12(3,4)5/h10H,6-9,13H2,1-5H3,(H,14,15). The average molecular weight is 241 g/mol. The van der Waals surface area contributed by atoms with E-state index in [2.05, 4.69) is 54.8 Å². The van der Waals surface area contributed by atoms with Gasteiger partial charge in [0.15, 0.2) is 0 Å². The first kappa shape index (κ1) is 14.3. The zero-order chi connectivity index (χ0) is 13.1. The Bertz CT molecular complexity index is 259. The summed E-state index contributed by atoms with van der Waals surface area (Å²) in [6.07, 6.45) is 0. The lowest BCUT2D eigenvalue weighted by molar-refractivity contribution is 0.0869. The van der Waals surface area contributed by atoms with Crippen LogP contribution in [0.1, 0.15) is 34.6 Å². The third-order valence-corrected chi connectivity index (χ3v) is 3.04. The number of piperazine rings is 1. The van der Waals surface area contributed by atoms with Crippen LogP contribution < -0.4 is 11.3 Å². The highest BCUT2D eigenvalue weighted by molar-refractivity contribution is 5.79. The van der Waals surface area contributed by atoms with Crippen LogP contribution in [0.5, 0.6) is 0 Å². The highest BCUT2D eigenvalue weighted by Crippen LogP contribution is 2.15. The van der Waals surface area contributed by atoms with E-state index >= 15 is 0 Å². The summed E-state index contributed by atoms with van der Waals surface area (Å²) in [5.41, 5.74) is 2.96. The molecule has 100 valence electrons. The monoisotopic (exact) mass is 241 g/mol. The lowest BCUT2D eigenvalue weighted by atomic mass is 10.1. The van der Waals surface area contributed by atoms with Gasteiger partial charge in [-0.15, -0.1) is 0 Å². The zero-order valence-corrected chi connectivity index (χ0v) is 11.8. The van der Waals surface area contributed by atoms with Crippen molar-refractivity contribution < 1.29 is 0 Å². The fourth-order valence-electron chi connectivity index (χ4n) is 2.04. The molecule has 0 aromatic carbocycles. The SMILES string of the molecule is CC(C)N=C(NN)N1CCN(C(C)(C)C)CC1. The zero-order valence-electron chi connectivity index (χ0n) is 11.8. The summed E-state index contributed by atoms with van der Waals surface area (Å²) in [4.78, 5) is 9.21. The predicted molar refractivity (Wildman–Crippen MR) is 72.8 cm³/mol. The maximum absolute atomic E-state index is 5.54. The maximum atomic E-state index is 5.54. The molecule has 0 aliphatic carbocycles. The lowest BCUT2D eigenvalue weighted by Gasteiger charge is -2.43. The molecule has 0 saturated carbocycles. The molecule has 0 unspecified atom stereocenters. The van der Waals surface area contributed by atoms with Crippen LogP contribution in [0.15, 0.2) is 4.99 Å². The van der Waals surface area contributed by atoms with Gasteiger partial charge in [-0.2, -0.15) is 0 Å². The van der Waals surface area contributed by atoms with Gasteiger partial charge in [-0.1, -0.05) is 0 Å². The lowest BCUT2D eigenvalue weighted by Crippen LogP contribution is -2.57. The topological polar surface area (TPSA) is 56.9 Å². The molecule has 0 aromatic heterocycles. The van der Waals surface area contributed by atoms with Crippen molar-refractivity contribution in [2.24, 2.45) is 10.8 Å². The number of aliphatic imine (C=N–C) groups is 1. The molecule has 1 aliphatic rings. The van der Waals surface area contributed by atoms with E-state index < -0.39 is 0 Å². The van der Waals surface area contributed by atoms with E-state index in [0.29, 0.717) is 0 Å². The van der Waals surface area contributed by atoms with Crippen LogP contribution in [0.25, 0.3) is 0 Å². The summed E-state index contributed by atoms with van der Waals surface area (Å²) in [7, 11) is 0. The molecule has 1 aliphatic heterocycles. The fourth-order valence-corrected chi connectivity index (χ4v) is 2.04. The molecule has 0 radical (unpaired) electrons. The molecule has 1 rings (SSSR count). The predicted octanol–water partition coefficient (Wildman–Crippen LogP) is 0.630. The van der Waals surface area contributed by atoms with E-state index in [9.17, 15) is 0 Å². The van der Waals surface area contributed by atoms with Gasteiger partial charge in [0.2, 0.25) is 5.96 Å². The summed E-state index contributed by atoms with van der Waals surface area (Å²) < 4.78 is 0.